The molecule has 1 unspecified atom stereocenters. The van der Waals surface area contributed by atoms with E-state index in [2.05, 4.69) is 25.6 Å². The smallest absolute Gasteiger partial charge is 0.216 e. The highest BCUT2D eigenvalue weighted by Crippen LogP contribution is 2.17. The van der Waals surface area contributed by atoms with Gasteiger partial charge in [0.25, 0.3) is 0 Å². The van der Waals surface area contributed by atoms with Crippen LogP contribution in [0.15, 0.2) is 42.6 Å². The lowest BCUT2D eigenvalue weighted by Crippen LogP contribution is -2.35. The Morgan fingerprint density at radius 3 is 2.53 bits per heavy atom. The zero-order valence-corrected chi connectivity index (χ0v) is 10.4. The minimum absolute atomic E-state index is 0.803. The SMILES string of the molecule is C=C[Si](O)(CCCC)Cc1ccccc1. The van der Waals surface area contributed by atoms with Crippen molar-refractivity contribution in [3.8, 4) is 0 Å². The number of hydrogen-bond donors (Lipinski definition) is 1. The number of benzene rings is 1. The van der Waals surface area contributed by atoms with Crippen molar-refractivity contribution < 1.29 is 4.80 Å². The first-order valence-corrected chi connectivity index (χ1v) is 8.04. The first-order chi connectivity index (χ1) is 7.20. The number of hydrogen-bond acceptors (Lipinski definition) is 1. The van der Waals surface area contributed by atoms with Crippen LogP contribution in [0.25, 0.3) is 0 Å². The van der Waals surface area contributed by atoms with Gasteiger partial charge in [-0.1, -0.05) is 55.8 Å². The van der Waals surface area contributed by atoms with Crippen LogP contribution in [0.1, 0.15) is 25.3 Å². The van der Waals surface area contributed by atoms with E-state index in [1.807, 2.05) is 23.9 Å². The van der Waals surface area contributed by atoms with Crippen molar-refractivity contribution in [2.45, 2.75) is 31.9 Å². The molecule has 15 heavy (non-hydrogen) atoms. The van der Waals surface area contributed by atoms with Gasteiger partial charge in [0.05, 0.1) is 0 Å². The van der Waals surface area contributed by atoms with Gasteiger partial charge in [0.2, 0.25) is 8.32 Å². The molecule has 0 saturated carbocycles. The maximum absolute atomic E-state index is 10.4. The predicted molar refractivity (Wildman–Crippen MR) is 68.0 cm³/mol. The van der Waals surface area contributed by atoms with E-state index in [1.165, 1.54) is 5.56 Å². The number of unbranched alkanes of at least 4 members (excludes halogenated alkanes) is 1. The fraction of sp³-hybridized carbons (Fsp3) is 0.385. The monoisotopic (exact) mass is 220 g/mol. The van der Waals surface area contributed by atoms with E-state index in [4.69, 9.17) is 0 Å². The maximum atomic E-state index is 10.4. The molecule has 1 N–H and O–H groups in total. The van der Waals surface area contributed by atoms with Gasteiger partial charge in [-0.05, 0) is 17.7 Å². The van der Waals surface area contributed by atoms with E-state index >= 15 is 0 Å². The standard InChI is InChI=1S/C13H20OSi/c1-3-5-11-15(14,4-2)12-13-9-7-6-8-10-13/h4,6-10,14H,2-3,5,11-12H2,1H3. The summed E-state index contributed by atoms with van der Waals surface area (Å²) in [5.41, 5.74) is 3.04. The Kier molecular flexibility index (Phi) is 4.79. The topological polar surface area (TPSA) is 20.2 Å². The minimum atomic E-state index is -2.22. The van der Waals surface area contributed by atoms with Crippen LogP contribution < -0.4 is 0 Å². The van der Waals surface area contributed by atoms with Crippen LogP contribution in [0, 0.1) is 0 Å². The Balaban J connectivity index is 2.63. The summed E-state index contributed by atoms with van der Waals surface area (Å²) in [5, 5.41) is 0. The Labute approximate surface area is 93.6 Å². The van der Waals surface area contributed by atoms with Crippen molar-refractivity contribution in [1.82, 2.24) is 0 Å². The molecule has 0 aliphatic rings. The van der Waals surface area contributed by atoms with Crippen LogP contribution in [0.3, 0.4) is 0 Å². The molecule has 0 aliphatic heterocycles. The van der Waals surface area contributed by atoms with E-state index in [0.29, 0.717) is 0 Å². The molecule has 0 bridgehead atoms. The Bertz CT molecular complexity index is 297. The summed E-state index contributed by atoms with van der Waals surface area (Å²) >= 11 is 0. The molecule has 82 valence electrons. The third-order valence-electron chi connectivity index (χ3n) is 2.70. The van der Waals surface area contributed by atoms with E-state index < -0.39 is 8.32 Å². The maximum Gasteiger partial charge on any atom is 0.216 e. The molecule has 0 fully saturated rings. The molecule has 0 aromatic heterocycles. The van der Waals surface area contributed by atoms with Crippen LogP contribution in [-0.2, 0) is 6.04 Å². The van der Waals surface area contributed by atoms with Gasteiger partial charge in [-0.25, -0.2) is 0 Å². The summed E-state index contributed by atoms with van der Waals surface area (Å²) < 4.78 is 0. The summed E-state index contributed by atoms with van der Waals surface area (Å²) in [6.07, 6.45) is 2.24. The molecule has 1 atom stereocenters. The van der Waals surface area contributed by atoms with Crippen LogP contribution in [0.5, 0.6) is 0 Å². The van der Waals surface area contributed by atoms with E-state index in [1.54, 1.807) is 0 Å². The molecule has 0 spiro atoms. The van der Waals surface area contributed by atoms with Gasteiger partial charge < -0.3 is 4.80 Å². The average Bonchev–Trinajstić information content (AvgIpc) is 2.28. The van der Waals surface area contributed by atoms with Crippen molar-refractivity contribution in [3.05, 3.63) is 48.2 Å². The van der Waals surface area contributed by atoms with Crippen molar-refractivity contribution in [3.63, 3.8) is 0 Å². The molecule has 1 aromatic carbocycles. The second-order valence-electron chi connectivity index (χ2n) is 4.07. The molecule has 0 aliphatic carbocycles. The molecule has 0 saturated heterocycles. The fourth-order valence-electron chi connectivity index (χ4n) is 1.69. The fourth-order valence-corrected chi connectivity index (χ4v) is 4.13. The molecular formula is C13H20OSi. The lowest BCUT2D eigenvalue weighted by molar-refractivity contribution is 0.538. The summed E-state index contributed by atoms with van der Waals surface area (Å²) in [5.74, 6) is 0. The normalized spacial score (nSPS) is 14.5. The van der Waals surface area contributed by atoms with Gasteiger partial charge in [0, 0.05) is 0 Å². The second kappa shape index (κ2) is 5.88. The largest absolute Gasteiger partial charge is 0.428 e. The van der Waals surface area contributed by atoms with E-state index in [9.17, 15) is 4.80 Å². The molecule has 1 aromatic rings. The molecule has 2 heteroatoms. The molecule has 1 rings (SSSR count). The van der Waals surface area contributed by atoms with Gasteiger partial charge in [0.15, 0.2) is 0 Å². The zero-order valence-electron chi connectivity index (χ0n) is 9.45. The molecule has 1 nitrogen and oxygen atoms in total. The highest BCUT2D eigenvalue weighted by Gasteiger charge is 2.26. The lowest BCUT2D eigenvalue weighted by Gasteiger charge is -2.20. The molecule has 0 radical (unpaired) electrons. The summed E-state index contributed by atoms with van der Waals surface area (Å²) in [6.45, 7) is 5.95. The Morgan fingerprint density at radius 2 is 2.00 bits per heavy atom. The van der Waals surface area contributed by atoms with Gasteiger partial charge in [-0.3, -0.25) is 0 Å². The zero-order chi connectivity index (χ0) is 11.1. The predicted octanol–water partition coefficient (Wildman–Crippen LogP) is 3.23. The summed E-state index contributed by atoms with van der Waals surface area (Å²) in [6, 6.07) is 11.9. The Hall–Kier alpha value is -0.863. The van der Waals surface area contributed by atoms with Crippen LogP contribution >= 0.6 is 0 Å². The summed E-state index contributed by atoms with van der Waals surface area (Å²) in [7, 11) is -2.22. The first kappa shape index (κ1) is 12.2. The third kappa shape index (κ3) is 4.02. The first-order valence-electron chi connectivity index (χ1n) is 5.60. The second-order valence-corrected chi connectivity index (χ2v) is 7.54. The number of rotatable bonds is 6. The third-order valence-corrected chi connectivity index (χ3v) is 5.70. The van der Waals surface area contributed by atoms with Crippen molar-refractivity contribution in [1.29, 1.82) is 0 Å². The lowest BCUT2D eigenvalue weighted by atomic mass is 10.2. The molecular weight excluding hydrogens is 200 g/mol. The van der Waals surface area contributed by atoms with E-state index in [-0.39, 0.29) is 0 Å². The van der Waals surface area contributed by atoms with E-state index in [0.717, 1.165) is 24.9 Å². The van der Waals surface area contributed by atoms with Crippen molar-refractivity contribution in [2.75, 3.05) is 0 Å². The summed E-state index contributed by atoms with van der Waals surface area (Å²) in [4.78, 5) is 10.4. The van der Waals surface area contributed by atoms with Crippen molar-refractivity contribution in [2.24, 2.45) is 0 Å². The van der Waals surface area contributed by atoms with Gasteiger partial charge in [0.1, 0.15) is 0 Å². The minimum Gasteiger partial charge on any atom is -0.428 e. The average molecular weight is 220 g/mol. The molecule has 0 heterocycles. The van der Waals surface area contributed by atoms with Gasteiger partial charge in [-0.2, -0.15) is 0 Å². The highest BCUT2D eigenvalue weighted by atomic mass is 28.4. The van der Waals surface area contributed by atoms with Crippen molar-refractivity contribution >= 4 is 8.32 Å². The quantitative estimate of drug-likeness (QED) is 0.730. The van der Waals surface area contributed by atoms with Crippen LogP contribution in [0.4, 0.5) is 0 Å². The van der Waals surface area contributed by atoms with Gasteiger partial charge >= 0.3 is 0 Å². The van der Waals surface area contributed by atoms with Gasteiger partial charge in [-0.15, -0.1) is 6.58 Å². The highest BCUT2D eigenvalue weighted by molar-refractivity contribution is 6.76. The molecule has 0 amide bonds. The Morgan fingerprint density at radius 1 is 1.33 bits per heavy atom. The van der Waals surface area contributed by atoms with Crippen LogP contribution in [-0.4, -0.2) is 13.1 Å². The van der Waals surface area contributed by atoms with Crippen LogP contribution in [0.2, 0.25) is 6.04 Å².